The van der Waals surface area contributed by atoms with Crippen LogP contribution < -0.4 is 0 Å². The minimum atomic E-state index is -3.58. The molecule has 1 fully saturated rings. The van der Waals surface area contributed by atoms with Gasteiger partial charge in [-0.15, -0.1) is 0 Å². The standard InChI is InChI=1S/C12H21NO6S/c1-5-18-10(14)8-20(16,17)9-6-13(7-9)11(15)19-12(2,3)4/h9H,5-8H2,1-4H3. The minimum absolute atomic E-state index is 0.0522. The van der Waals surface area contributed by atoms with E-state index in [0.717, 1.165) is 0 Å². The van der Waals surface area contributed by atoms with E-state index in [1.165, 1.54) is 4.90 Å². The van der Waals surface area contributed by atoms with Crippen molar-refractivity contribution < 1.29 is 27.5 Å². The number of carbonyl (C=O) groups is 2. The highest BCUT2D eigenvalue weighted by atomic mass is 32.2. The molecular weight excluding hydrogens is 286 g/mol. The summed E-state index contributed by atoms with van der Waals surface area (Å²) in [4.78, 5) is 24.2. The Bertz CT molecular complexity index is 473. The van der Waals surface area contributed by atoms with E-state index in [4.69, 9.17) is 4.74 Å². The Labute approximate surface area is 119 Å². The fraction of sp³-hybridized carbons (Fsp3) is 0.833. The van der Waals surface area contributed by atoms with E-state index in [0.29, 0.717) is 0 Å². The summed E-state index contributed by atoms with van der Waals surface area (Å²) >= 11 is 0. The quantitative estimate of drug-likeness (QED) is 0.706. The number of rotatable bonds is 4. The Kier molecular flexibility index (Phi) is 5.01. The zero-order valence-electron chi connectivity index (χ0n) is 12.2. The van der Waals surface area contributed by atoms with Crippen molar-refractivity contribution in [2.45, 2.75) is 38.5 Å². The molecule has 0 radical (unpaired) electrons. The van der Waals surface area contributed by atoms with Gasteiger partial charge in [-0.1, -0.05) is 0 Å². The van der Waals surface area contributed by atoms with Gasteiger partial charge in [0, 0.05) is 13.1 Å². The molecule has 0 aromatic carbocycles. The van der Waals surface area contributed by atoms with E-state index in [9.17, 15) is 18.0 Å². The summed E-state index contributed by atoms with van der Waals surface area (Å²) in [5.41, 5.74) is -0.619. The van der Waals surface area contributed by atoms with Gasteiger partial charge >= 0.3 is 12.1 Å². The largest absolute Gasteiger partial charge is 0.465 e. The first-order valence-electron chi connectivity index (χ1n) is 6.40. The van der Waals surface area contributed by atoms with E-state index >= 15 is 0 Å². The second-order valence-electron chi connectivity index (χ2n) is 5.62. The highest BCUT2D eigenvalue weighted by Gasteiger charge is 2.42. The Morgan fingerprint density at radius 1 is 1.25 bits per heavy atom. The van der Waals surface area contributed by atoms with E-state index < -0.39 is 38.5 Å². The first kappa shape index (κ1) is 16.7. The van der Waals surface area contributed by atoms with Crippen molar-refractivity contribution in [3.05, 3.63) is 0 Å². The molecule has 8 heteroatoms. The molecular formula is C12H21NO6S. The second-order valence-corrected chi connectivity index (χ2v) is 7.90. The molecule has 1 aliphatic heterocycles. The van der Waals surface area contributed by atoms with Crippen LogP contribution in [-0.2, 0) is 24.1 Å². The van der Waals surface area contributed by atoms with Gasteiger partial charge in [-0.25, -0.2) is 13.2 Å². The van der Waals surface area contributed by atoms with Crippen molar-refractivity contribution in [2.75, 3.05) is 25.4 Å². The molecule has 1 aliphatic rings. The maximum atomic E-state index is 11.9. The molecule has 0 aromatic rings. The predicted octanol–water partition coefficient (Wildman–Crippen LogP) is 0.584. The summed E-state index contributed by atoms with van der Waals surface area (Å²) in [7, 11) is -3.58. The van der Waals surface area contributed by atoms with Crippen LogP contribution >= 0.6 is 0 Å². The monoisotopic (exact) mass is 307 g/mol. The van der Waals surface area contributed by atoms with Gasteiger partial charge in [-0.2, -0.15) is 0 Å². The van der Waals surface area contributed by atoms with E-state index in [1.54, 1.807) is 27.7 Å². The van der Waals surface area contributed by atoms with Crippen LogP contribution in [0.2, 0.25) is 0 Å². The number of hydrogen-bond acceptors (Lipinski definition) is 6. The van der Waals surface area contributed by atoms with Gasteiger partial charge in [0.05, 0.1) is 11.9 Å². The molecule has 1 saturated heterocycles. The number of likely N-dealkylation sites (tertiary alicyclic amines) is 1. The van der Waals surface area contributed by atoms with Gasteiger partial charge in [0.15, 0.2) is 9.84 Å². The summed E-state index contributed by atoms with van der Waals surface area (Å²) < 4.78 is 33.5. The van der Waals surface area contributed by atoms with Crippen LogP contribution in [0.25, 0.3) is 0 Å². The summed E-state index contributed by atoms with van der Waals surface area (Å²) in [6.45, 7) is 7.06. The Balaban J connectivity index is 2.48. The number of carbonyl (C=O) groups excluding carboxylic acids is 2. The third-order valence-electron chi connectivity index (χ3n) is 2.63. The molecule has 0 unspecified atom stereocenters. The van der Waals surface area contributed by atoms with Gasteiger partial charge in [0.25, 0.3) is 0 Å². The molecule has 7 nitrogen and oxygen atoms in total. The molecule has 0 aliphatic carbocycles. The van der Waals surface area contributed by atoms with Crippen molar-refractivity contribution in [2.24, 2.45) is 0 Å². The summed E-state index contributed by atoms with van der Waals surface area (Å²) in [6.07, 6.45) is -0.542. The van der Waals surface area contributed by atoms with E-state index in [1.807, 2.05) is 0 Å². The number of amides is 1. The Morgan fingerprint density at radius 2 is 1.80 bits per heavy atom. The highest BCUT2D eigenvalue weighted by Crippen LogP contribution is 2.20. The topological polar surface area (TPSA) is 90.0 Å². The Hall–Kier alpha value is -1.31. The molecule has 0 spiro atoms. The zero-order valence-corrected chi connectivity index (χ0v) is 13.0. The van der Waals surface area contributed by atoms with Crippen molar-refractivity contribution in [3.8, 4) is 0 Å². The molecule has 116 valence electrons. The molecule has 0 atom stereocenters. The Morgan fingerprint density at radius 3 is 2.25 bits per heavy atom. The van der Waals surface area contributed by atoms with E-state index in [-0.39, 0.29) is 19.7 Å². The summed E-state index contributed by atoms with van der Waals surface area (Å²) in [5, 5.41) is -0.723. The lowest BCUT2D eigenvalue weighted by Gasteiger charge is -2.38. The zero-order chi connectivity index (χ0) is 15.6. The molecule has 1 amide bonds. The average Bonchev–Trinajstić information content (AvgIpc) is 2.09. The first-order valence-corrected chi connectivity index (χ1v) is 8.12. The molecule has 0 aromatic heterocycles. The van der Waals surface area contributed by atoms with Crippen LogP contribution in [0.1, 0.15) is 27.7 Å². The number of nitrogens with zero attached hydrogens (tertiary/aromatic N) is 1. The lowest BCUT2D eigenvalue weighted by molar-refractivity contribution is -0.139. The fourth-order valence-corrected chi connectivity index (χ4v) is 3.09. The molecule has 0 bridgehead atoms. The molecule has 0 saturated carbocycles. The minimum Gasteiger partial charge on any atom is -0.465 e. The maximum absolute atomic E-state index is 11.9. The lowest BCUT2D eigenvalue weighted by atomic mass is 10.2. The third-order valence-corrected chi connectivity index (χ3v) is 4.58. The van der Waals surface area contributed by atoms with Crippen molar-refractivity contribution in [1.82, 2.24) is 4.90 Å². The SMILES string of the molecule is CCOC(=O)CS(=O)(=O)C1CN(C(=O)OC(C)(C)C)C1. The van der Waals surface area contributed by atoms with Gasteiger partial charge < -0.3 is 14.4 Å². The molecule has 1 heterocycles. The van der Waals surface area contributed by atoms with Crippen LogP contribution in [-0.4, -0.2) is 61.7 Å². The van der Waals surface area contributed by atoms with Crippen LogP contribution in [0, 0.1) is 0 Å². The number of ether oxygens (including phenoxy) is 2. The van der Waals surface area contributed by atoms with Crippen LogP contribution in [0.3, 0.4) is 0 Å². The average molecular weight is 307 g/mol. The normalized spacial score (nSPS) is 16.5. The smallest absolute Gasteiger partial charge is 0.410 e. The van der Waals surface area contributed by atoms with Crippen molar-refractivity contribution in [1.29, 1.82) is 0 Å². The van der Waals surface area contributed by atoms with Crippen LogP contribution in [0.5, 0.6) is 0 Å². The summed E-state index contributed by atoms with van der Waals surface area (Å²) in [5.74, 6) is -1.41. The van der Waals surface area contributed by atoms with Gasteiger partial charge in [-0.05, 0) is 27.7 Å². The molecule has 0 N–H and O–H groups in total. The highest BCUT2D eigenvalue weighted by molar-refractivity contribution is 7.92. The second kappa shape index (κ2) is 5.99. The predicted molar refractivity (Wildman–Crippen MR) is 72.0 cm³/mol. The van der Waals surface area contributed by atoms with Gasteiger partial charge in [0.1, 0.15) is 11.4 Å². The summed E-state index contributed by atoms with van der Waals surface area (Å²) in [6, 6.07) is 0. The molecule has 1 rings (SSSR count). The number of hydrogen-bond donors (Lipinski definition) is 0. The number of esters is 1. The van der Waals surface area contributed by atoms with Gasteiger partial charge in [0.2, 0.25) is 0 Å². The fourth-order valence-electron chi connectivity index (χ4n) is 1.63. The lowest BCUT2D eigenvalue weighted by Crippen LogP contribution is -2.58. The van der Waals surface area contributed by atoms with Gasteiger partial charge in [-0.3, -0.25) is 4.79 Å². The van der Waals surface area contributed by atoms with Crippen molar-refractivity contribution in [3.63, 3.8) is 0 Å². The van der Waals surface area contributed by atoms with Crippen LogP contribution in [0.15, 0.2) is 0 Å². The van der Waals surface area contributed by atoms with Crippen LogP contribution in [0.4, 0.5) is 4.79 Å². The maximum Gasteiger partial charge on any atom is 0.410 e. The molecule has 20 heavy (non-hydrogen) atoms. The first-order chi connectivity index (χ1) is 9.05. The number of sulfone groups is 1. The van der Waals surface area contributed by atoms with E-state index in [2.05, 4.69) is 4.74 Å². The third kappa shape index (κ3) is 4.66. The van der Waals surface area contributed by atoms with Crippen molar-refractivity contribution >= 4 is 21.9 Å².